The summed E-state index contributed by atoms with van der Waals surface area (Å²) in [6.45, 7) is 1.88. The number of hydrogen-bond acceptors (Lipinski definition) is 6. The largest absolute Gasteiger partial charge is 0.324 e. The number of sulfonamides is 1. The highest BCUT2D eigenvalue weighted by molar-refractivity contribution is 7.89. The predicted octanol–water partition coefficient (Wildman–Crippen LogP) is 3.53. The summed E-state index contributed by atoms with van der Waals surface area (Å²) < 4.78 is 37.2. The Bertz CT molecular complexity index is 1320. The van der Waals surface area contributed by atoms with E-state index in [4.69, 9.17) is 0 Å². The number of hydrogen-bond donors (Lipinski definition) is 2. The van der Waals surface area contributed by atoms with E-state index in [0.717, 1.165) is 22.9 Å². The highest BCUT2D eigenvalue weighted by Crippen LogP contribution is 2.22. The Labute approximate surface area is 184 Å². The molecule has 158 valence electrons. The lowest BCUT2D eigenvalue weighted by molar-refractivity contribution is -0.117. The van der Waals surface area contributed by atoms with Gasteiger partial charge in [-0.1, -0.05) is 54.6 Å². The number of carbonyl (C=O) groups is 1. The van der Waals surface area contributed by atoms with E-state index in [1.807, 2.05) is 55.5 Å². The second-order valence-corrected chi connectivity index (χ2v) is 9.27. The standard InChI is InChI=1S/C22H20N4O3S2/c1-15-8-5-6-11-17(15)23-22(27)19(14-16-9-3-2-4-10-16)26-31(28,29)20-13-7-12-18-21(20)25-30-24-18/h2-13,19,26H,14H2,1H3,(H,23,27)/t19-/m0/s1. The first-order valence-electron chi connectivity index (χ1n) is 9.58. The molecule has 0 saturated carbocycles. The fourth-order valence-corrected chi connectivity index (χ4v) is 5.18. The average Bonchev–Trinajstić information content (AvgIpc) is 3.24. The number of aryl methyl sites for hydroxylation is 1. The third-order valence-electron chi connectivity index (χ3n) is 4.84. The maximum absolute atomic E-state index is 13.2. The first kappa shape index (κ1) is 21.1. The van der Waals surface area contributed by atoms with Crippen molar-refractivity contribution in [1.29, 1.82) is 0 Å². The molecule has 0 aliphatic rings. The normalized spacial score (nSPS) is 12.5. The Kier molecular flexibility index (Phi) is 6.08. The molecule has 4 aromatic rings. The fraction of sp³-hybridized carbons (Fsp3) is 0.136. The summed E-state index contributed by atoms with van der Waals surface area (Å²) in [6.07, 6.45) is 0.197. The Hall–Kier alpha value is -3.14. The van der Waals surface area contributed by atoms with Gasteiger partial charge >= 0.3 is 0 Å². The molecule has 1 amide bonds. The number of aromatic nitrogens is 2. The van der Waals surface area contributed by atoms with Gasteiger partial charge in [-0.15, -0.1) is 0 Å². The van der Waals surface area contributed by atoms with E-state index in [-0.39, 0.29) is 16.8 Å². The molecule has 0 radical (unpaired) electrons. The van der Waals surface area contributed by atoms with Crippen molar-refractivity contribution in [2.45, 2.75) is 24.3 Å². The van der Waals surface area contributed by atoms with Gasteiger partial charge in [-0.05, 0) is 42.7 Å². The number of nitrogens with one attached hydrogen (secondary N) is 2. The van der Waals surface area contributed by atoms with Gasteiger partial charge in [0.25, 0.3) is 0 Å². The lowest BCUT2D eigenvalue weighted by Crippen LogP contribution is -2.45. The van der Waals surface area contributed by atoms with Crippen molar-refractivity contribution in [2.75, 3.05) is 5.32 Å². The summed E-state index contributed by atoms with van der Waals surface area (Å²) in [5.74, 6) is -0.440. The molecule has 0 aliphatic carbocycles. The van der Waals surface area contributed by atoms with Crippen LogP contribution in [-0.4, -0.2) is 29.1 Å². The van der Waals surface area contributed by atoms with Crippen LogP contribution >= 0.6 is 11.7 Å². The molecular formula is C22H20N4O3S2. The third-order valence-corrected chi connectivity index (χ3v) is 6.88. The van der Waals surface area contributed by atoms with Gasteiger partial charge < -0.3 is 5.32 Å². The van der Waals surface area contributed by atoms with Gasteiger partial charge in [-0.3, -0.25) is 4.79 Å². The zero-order valence-electron chi connectivity index (χ0n) is 16.6. The van der Waals surface area contributed by atoms with Gasteiger partial charge in [0.1, 0.15) is 22.0 Å². The summed E-state index contributed by atoms with van der Waals surface area (Å²) in [5.41, 5.74) is 3.14. The molecule has 4 rings (SSSR count). The second kappa shape index (κ2) is 8.93. The molecule has 3 aromatic carbocycles. The molecular weight excluding hydrogens is 432 g/mol. The van der Waals surface area contributed by atoms with Crippen molar-refractivity contribution in [3.63, 3.8) is 0 Å². The van der Waals surface area contributed by atoms with Crippen LogP contribution in [0.5, 0.6) is 0 Å². The number of benzene rings is 3. The summed E-state index contributed by atoms with van der Waals surface area (Å²) in [6, 6.07) is 20.4. The van der Waals surface area contributed by atoms with Crippen molar-refractivity contribution in [1.82, 2.24) is 13.5 Å². The maximum Gasteiger partial charge on any atom is 0.243 e. The molecule has 0 unspecified atom stereocenters. The Morgan fingerprint density at radius 1 is 0.968 bits per heavy atom. The summed E-state index contributed by atoms with van der Waals surface area (Å²) in [4.78, 5) is 13.1. The van der Waals surface area contributed by atoms with Gasteiger partial charge in [-0.2, -0.15) is 13.5 Å². The molecule has 0 spiro atoms. The van der Waals surface area contributed by atoms with Gasteiger partial charge in [0.15, 0.2) is 0 Å². The van der Waals surface area contributed by atoms with E-state index in [1.165, 1.54) is 6.07 Å². The highest BCUT2D eigenvalue weighted by Gasteiger charge is 2.28. The van der Waals surface area contributed by atoms with Crippen LogP contribution < -0.4 is 10.0 Å². The van der Waals surface area contributed by atoms with Gasteiger partial charge in [-0.25, -0.2) is 8.42 Å². The Morgan fingerprint density at radius 3 is 2.48 bits per heavy atom. The molecule has 2 N–H and O–H groups in total. The number of para-hydroxylation sites is 1. The molecule has 7 nitrogen and oxygen atoms in total. The monoisotopic (exact) mass is 452 g/mol. The summed E-state index contributed by atoms with van der Waals surface area (Å²) in [7, 11) is -4.03. The SMILES string of the molecule is Cc1ccccc1NC(=O)[C@H](Cc1ccccc1)NS(=O)(=O)c1cccc2nsnc12. The van der Waals surface area contributed by atoms with Crippen LogP contribution in [0.25, 0.3) is 11.0 Å². The first-order valence-corrected chi connectivity index (χ1v) is 11.8. The molecule has 0 aliphatic heterocycles. The van der Waals surface area contributed by atoms with E-state index < -0.39 is 22.0 Å². The number of amides is 1. The van der Waals surface area contributed by atoms with E-state index in [2.05, 4.69) is 18.8 Å². The molecule has 1 heterocycles. The van der Waals surface area contributed by atoms with E-state index in [9.17, 15) is 13.2 Å². The van der Waals surface area contributed by atoms with Gasteiger partial charge in [0.2, 0.25) is 15.9 Å². The van der Waals surface area contributed by atoms with Gasteiger partial charge in [0.05, 0.1) is 11.7 Å². The Balaban J connectivity index is 1.66. The lowest BCUT2D eigenvalue weighted by atomic mass is 10.1. The molecule has 0 bridgehead atoms. The van der Waals surface area contributed by atoms with Crippen molar-refractivity contribution in [3.8, 4) is 0 Å². The number of carbonyl (C=O) groups excluding carboxylic acids is 1. The van der Waals surface area contributed by atoms with Gasteiger partial charge in [0, 0.05) is 5.69 Å². The third kappa shape index (κ3) is 4.79. The molecule has 1 atom stereocenters. The predicted molar refractivity (Wildman–Crippen MR) is 121 cm³/mol. The topological polar surface area (TPSA) is 101 Å². The zero-order valence-corrected chi connectivity index (χ0v) is 18.3. The van der Waals surface area contributed by atoms with Crippen molar-refractivity contribution in [2.24, 2.45) is 0 Å². The maximum atomic E-state index is 13.2. The van der Waals surface area contributed by atoms with Crippen LogP contribution in [0, 0.1) is 6.92 Å². The van der Waals surface area contributed by atoms with Crippen LogP contribution in [0.2, 0.25) is 0 Å². The quantitative estimate of drug-likeness (QED) is 0.447. The number of fused-ring (bicyclic) bond motifs is 1. The minimum Gasteiger partial charge on any atom is -0.324 e. The molecule has 0 fully saturated rings. The van der Waals surface area contributed by atoms with E-state index >= 15 is 0 Å². The minimum atomic E-state index is -4.03. The minimum absolute atomic E-state index is 0.000466. The molecule has 9 heteroatoms. The Morgan fingerprint density at radius 2 is 1.71 bits per heavy atom. The number of nitrogens with zero attached hydrogens (tertiary/aromatic N) is 2. The van der Waals surface area contributed by atoms with Crippen LogP contribution in [0.3, 0.4) is 0 Å². The molecule has 31 heavy (non-hydrogen) atoms. The van der Waals surface area contributed by atoms with Crippen molar-refractivity contribution >= 4 is 44.4 Å². The van der Waals surface area contributed by atoms with Crippen LogP contribution in [0.15, 0.2) is 77.7 Å². The van der Waals surface area contributed by atoms with Crippen LogP contribution in [0.1, 0.15) is 11.1 Å². The van der Waals surface area contributed by atoms with Crippen LogP contribution in [-0.2, 0) is 21.2 Å². The second-order valence-electron chi connectivity index (χ2n) is 7.06. The highest BCUT2D eigenvalue weighted by atomic mass is 32.2. The van der Waals surface area contributed by atoms with E-state index in [0.29, 0.717) is 11.2 Å². The lowest BCUT2D eigenvalue weighted by Gasteiger charge is -2.19. The molecule has 0 saturated heterocycles. The fourth-order valence-electron chi connectivity index (χ4n) is 3.22. The molecule has 1 aromatic heterocycles. The summed E-state index contributed by atoms with van der Waals surface area (Å²) >= 11 is 0.943. The summed E-state index contributed by atoms with van der Waals surface area (Å²) in [5, 5.41) is 2.84. The average molecular weight is 453 g/mol. The number of anilines is 1. The van der Waals surface area contributed by atoms with Crippen LogP contribution in [0.4, 0.5) is 5.69 Å². The first-order chi connectivity index (χ1) is 14.9. The van der Waals surface area contributed by atoms with Crippen molar-refractivity contribution in [3.05, 3.63) is 83.9 Å². The zero-order chi connectivity index (χ0) is 21.8. The number of rotatable bonds is 7. The van der Waals surface area contributed by atoms with Crippen molar-refractivity contribution < 1.29 is 13.2 Å². The van der Waals surface area contributed by atoms with E-state index in [1.54, 1.807) is 18.2 Å². The smallest absolute Gasteiger partial charge is 0.243 e.